The zero-order valence-corrected chi connectivity index (χ0v) is 10.3. The van der Waals surface area contributed by atoms with Crippen molar-refractivity contribution in [1.82, 2.24) is 0 Å². The van der Waals surface area contributed by atoms with Gasteiger partial charge in [0.1, 0.15) is 11.5 Å². The van der Waals surface area contributed by atoms with Crippen LogP contribution in [0.3, 0.4) is 0 Å². The number of rotatable bonds is 2. The zero-order valence-electron chi connectivity index (χ0n) is 10.3. The number of phenolic OH excluding ortho intramolecular Hbond substituents is 1. The Morgan fingerprint density at radius 2 is 1.67 bits per heavy atom. The first-order chi connectivity index (χ1) is 8.56. The number of aryl methyl sites for hydroxylation is 1. The lowest BCUT2D eigenvalue weighted by molar-refractivity contribution is -0.131. The van der Waals surface area contributed by atoms with Gasteiger partial charge in [-0.3, -0.25) is 4.79 Å². The summed E-state index contributed by atoms with van der Waals surface area (Å²) >= 11 is 0. The first-order valence-electron chi connectivity index (χ1n) is 5.65. The van der Waals surface area contributed by atoms with Crippen molar-refractivity contribution in [2.45, 2.75) is 13.8 Å². The highest BCUT2D eigenvalue weighted by molar-refractivity contribution is 5.70. The molecule has 2 rings (SSSR count). The third-order valence-corrected chi connectivity index (χ3v) is 2.65. The average Bonchev–Trinajstić information content (AvgIpc) is 2.33. The summed E-state index contributed by atoms with van der Waals surface area (Å²) in [5.41, 5.74) is 2.85. The highest BCUT2D eigenvalue weighted by Crippen LogP contribution is 2.26. The minimum absolute atomic E-state index is 0.287. The van der Waals surface area contributed by atoms with E-state index in [2.05, 4.69) is 0 Å². The van der Waals surface area contributed by atoms with E-state index in [0.717, 1.165) is 16.7 Å². The number of hydrogen-bond acceptors (Lipinski definition) is 3. The monoisotopic (exact) mass is 242 g/mol. The van der Waals surface area contributed by atoms with E-state index in [1.165, 1.54) is 6.92 Å². The minimum atomic E-state index is -0.330. The largest absolute Gasteiger partial charge is 0.508 e. The van der Waals surface area contributed by atoms with Gasteiger partial charge in [-0.15, -0.1) is 0 Å². The van der Waals surface area contributed by atoms with Gasteiger partial charge in [-0.25, -0.2) is 0 Å². The lowest BCUT2D eigenvalue weighted by Crippen LogP contribution is -2.00. The van der Waals surface area contributed by atoms with E-state index in [0.29, 0.717) is 5.75 Å². The first kappa shape index (κ1) is 12.2. The molecule has 0 amide bonds. The number of hydrogen-bond donors (Lipinski definition) is 1. The third kappa shape index (κ3) is 2.69. The molecule has 18 heavy (non-hydrogen) atoms. The van der Waals surface area contributed by atoms with Gasteiger partial charge in [0.05, 0.1) is 0 Å². The molecule has 0 heterocycles. The molecule has 0 radical (unpaired) electrons. The standard InChI is InChI=1S/C15H14O3/c1-10-9-13(5-8-15(10)17)12-3-6-14(7-4-12)18-11(2)16/h3-9,17H,1-2H3. The van der Waals surface area contributed by atoms with Gasteiger partial charge in [0.2, 0.25) is 0 Å². The van der Waals surface area contributed by atoms with Crippen LogP contribution in [0.25, 0.3) is 11.1 Å². The minimum Gasteiger partial charge on any atom is -0.508 e. The number of esters is 1. The van der Waals surface area contributed by atoms with Gasteiger partial charge in [-0.1, -0.05) is 18.2 Å². The van der Waals surface area contributed by atoms with Crippen molar-refractivity contribution in [3.63, 3.8) is 0 Å². The summed E-state index contributed by atoms with van der Waals surface area (Å²) in [4.78, 5) is 10.8. The molecule has 0 aromatic heterocycles. The number of ether oxygens (including phenoxy) is 1. The van der Waals surface area contributed by atoms with Crippen molar-refractivity contribution >= 4 is 5.97 Å². The second-order valence-corrected chi connectivity index (χ2v) is 4.12. The Morgan fingerprint density at radius 3 is 2.22 bits per heavy atom. The lowest BCUT2D eigenvalue weighted by atomic mass is 10.0. The van der Waals surface area contributed by atoms with Gasteiger partial charge in [0, 0.05) is 6.92 Å². The fourth-order valence-electron chi connectivity index (χ4n) is 1.72. The maximum atomic E-state index is 10.8. The van der Waals surface area contributed by atoms with Gasteiger partial charge in [-0.05, 0) is 47.9 Å². The Labute approximate surface area is 106 Å². The van der Waals surface area contributed by atoms with E-state index in [-0.39, 0.29) is 11.7 Å². The van der Waals surface area contributed by atoms with Crippen LogP contribution < -0.4 is 4.74 Å². The summed E-state index contributed by atoms with van der Waals surface area (Å²) in [5.74, 6) is 0.486. The Bertz CT molecular complexity index is 571. The van der Waals surface area contributed by atoms with Crippen LogP contribution in [0.5, 0.6) is 11.5 Å². The molecule has 0 atom stereocenters. The molecule has 0 aliphatic carbocycles. The molecule has 3 nitrogen and oxygen atoms in total. The van der Waals surface area contributed by atoms with Crippen LogP contribution in [0.15, 0.2) is 42.5 Å². The number of carbonyl (C=O) groups excluding carboxylic acids is 1. The molecule has 1 N–H and O–H groups in total. The molecule has 2 aromatic rings. The normalized spacial score (nSPS) is 10.1. The van der Waals surface area contributed by atoms with E-state index in [4.69, 9.17) is 4.74 Å². The van der Waals surface area contributed by atoms with E-state index < -0.39 is 0 Å². The fourth-order valence-corrected chi connectivity index (χ4v) is 1.72. The lowest BCUT2D eigenvalue weighted by Gasteiger charge is -2.06. The van der Waals surface area contributed by atoms with E-state index in [9.17, 15) is 9.90 Å². The van der Waals surface area contributed by atoms with Crippen molar-refractivity contribution in [2.24, 2.45) is 0 Å². The molecule has 0 spiro atoms. The Hall–Kier alpha value is -2.29. The van der Waals surface area contributed by atoms with Crippen LogP contribution in [-0.2, 0) is 4.79 Å². The molecule has 0 saturated heterocycles. The topological polar surface area (TPSA) is 46.5 Å². The fraction of sp³-hybridized carbons (Fsp3) is 0.133. The Balaban J connectivity index is 2.28. The van der Waals surface area contributed by atoms with Gasteiger partial charge in [0.15, 0.2) is 0 Å². The average molecular weight is 242 g/mol. The van der Waals surface area contributed by atoms with E-state index >= 15 is 0 Å². The number of phenols is 1. The van der Waals surface area contributed by atoms with Gasteiger partial charge in [-0.2, -0.15) is 0 Å². The first-order valence-corrected chi connectivity index (χ1v) is 5.65. The Kier molecular flexibility index (Phi) is 3.33. The molecule has 0 unspecified atom stereocenters. The van der Waals surface area contributed by atoms with Crippen molar-refractivity contribution < 1.29 is 14.6 Å². The molecule has 3 heteroatoms. The van der Waals surface area contributed by atoms with Crippen molar-refractivity contribution in [3.05, 3.63) is 48.0 Å². The summed E-state index contributed by atoms with van der Waals surface area (Å²) in [5, 5.41) is 9.48. The Morgan fingerprint density at radius 1 is 1.06 bits per heavy atom. The van der Waals surface area contributed by atoms with Crippen LogP contribution in [0.2, 0.25) is 0 Å². The number of benzene rings is 2. The van der Waals surface area contributed by atoms with Crippen LogP contribution in [0.1, 0.15) is 12.5 Å². The zero-order chi connectivity index (χ0) is 13.1. The second kappa shape index (κ2) is 4.92. The molecule has 92 valence electrons. The van der Waals surface area contributed by atoms with Crippen molar-refractivity contribution in [1.29, 1.82) is 0 Å². The van der Waals surface area contributed by atoms with Crippen molar-refractivity contribution in [2.75, 3.05) is 0 Å². The van der Waals surface area contributed by atoms with Crippen molar-refractivity contribution in [3.8, 4) is 22.6 Å². The maximum absolute atomic E-state index is 10.8. The summed E-state index contributed by atoms with van der Waals surface area (Å²) in [7, 11) is 0. The van der Waals surface area contributed by atoms with E-state index in [1.54, 1.807) is 18.2 Å². The summed E-state index contributed by atoms with van der Waals surface area (Å²) in [6.45, 7) is 3.23. The molecule has 0 fully saturated rings. The SMILES string of the molecule is CC(=O)Oc1ccc(-c2ccc(O)c(C)c2)cc1. The third-order valence-electron chi connectivity index (χ3n) is 2.65. The van der Waals surface area contributed by atoms with Crippen LogP contribution >= 0.6 is 0 Å². The van der Waals surface area contributed by atoms with Crippen LogP contribution in [0.4, 0.5) is 0 Å². The molecule has 0 saturated carbocycles. The number of carbonyl (C=O) groups is 1. The predicted molar refractivity (Wildman–Crippen MR) is 69.6 cm³/mol. The summed E-state index contributed by atoms with van der Waals surface area (Å²) in [6, 6.07) is 12.7. The molecule has 0 bridgehead atoms. The maximum Gasteiger partial charge on any atom is 0.308 e. The molecular weight excluding hydrogens is 228 g/mol. The van der Waals surface area contributed by atoms with Crippen LogP contribution in [-0.4, -0.2) is 11.1 Å². The highest BCUT2D eigenvalue weighted by atomic mass is 16.5. The molecule has 0 aliphatic rings. The van der Waals surface area contributed by atoms with Gasteiger partial charge < -0.3 is 9.84 Å². The molecule has 2 aromatic carbocycles. The summed E-state index contributed by atoms with van der Waals surface area (Å²) < 4.78 is 4.97. The number of aromatic hydroxyl groups is 1. The van der Waals surface area contributed by atoms with Crippen LogP contribution in [0, 0.1) is 6.92 Å². The quantitative estimate of drug-likeness (QED) is 0.649. The summed E-state index contributed by atoms with van der Waals surface area (Å²) in [6.07, 6.45) is 0. The smallest absolute Gasteiger partial charge is 0.308 e. The van der Waals surface area contributed by atoms with Gasteiger partial charge >= 0.3 is 5.97 Å². The second-order valence-electron chi connectivity index (χ2n) is 4.12. The predicted octanol–water partition coefficient (Wildman–Crippen LogP) is 3.29. The molecular formula is C15H14O3. The van der Waals surface area contributed by atoms with E-state index in [1.807, 2.05) is 31.2 Å². The highest BCUT2D eigenvalue weighted by Gasteiger charge is 2.02. The molecule has 0 aliphatic heterocycles. The van der Waals surface area contributed by atoms with Gasteiger partial charge in [0.25, 0.3) is 0 Å².